The molecule has 0 saturated carbocycles. The van der Waals surface area contributed by atoms with Crippen molar-refractivity contribution in [1.29, 1.82) is 0 Å². The largest absolute Gasteiger partial charge is 0.449 e. The van der Waals surface area contributed by atoms with Gasteiger partial charge in [0.25, 0.3) is 5.91 Å². The molecule has 2 aromatic heterocycles. The molecule has 1 N–H and O–H groups in total. The van der Waals surface area contributed by atoms with Gasteiger partial charge in [0.2, 0.25) is 5.91 Å². The van der Waals surface area contributed by atoms with E-state index in [1.165, 1.54) is 4.68 Å². The Balaban J connectivity index is 1.10. The number of aromatic nitrogens is 6. The molecule has 0 saturated heterocycles. The van der Waals surface area contributed by atoms with Crippen LogP contribution in [0.4, 0.5) is 4.79 Å². The molecule has 212 valence electrons. The lowest BCUT2D eigenvalue weighted by Gasteiger charge is -2.19. The van der Waals surface area contributed by atoms with E-state index in [2.05, 4.69) is 38.1 Å². The maximum Gasteiger partial charge on any atom is 0.407 e. The van der Waals surface area contributed by atoms with Crippen molar-refractivity contribution in [2.75, 3.05) is 6.61 Å². The van der Waals surface area contributed by atoms with Crippen LogP contribution in [0, 0.1) is 0 Å². The molecule has 1 aliphatic carbocycles. The van der Waals surface area contributed by atoms with Crippen molar-refractivity contribution in [3.8, 4) is 11.1 Å². The Morgan fingerprint density at radius 3 is 1.91 bits per heavy atom. The van der Waals surface area contributed by atoms with E-state index in [4.69, 9.17) is 4.74 Å². The summed E-state index contributed by atoms with van der Waals surface area (Å²) >= 11 is 0. The van der Waals surface area contributed by atoms with Crippen LogP contribution in [-0.2, 0) is 4.74 Å². The second-order valence-electron chi connectivity index (χ2n) is 10.3. The van der Waals surface area contributed by atoms with Crippen molar-refractivity contribution in [1.82, 2.24) is 35.3 Å². The number of nitrogens with one attached hydrogen (secondary N) is 1. The predicted molar refractivity (Wildman–Crippen MR) is 158 cm³/mol. The van der Waals surface area contributed by atoms with Gasteiger partial charge in [-0.2, -0.15) is 9.36 Å². The van der Waals surface area contributed by atoms with Crippen LogP contribution in [0.5, 0.6) is 0 Å². The predicted octanol–water partition coefficient (Wildman–Crippen LogP) is 4.84. The second-order valence-corrected chi connectivity index (χ2v) is 10.3. The molecule has 0 fully saturated rings. The summed E-state index contributed by atoms with van der Waals surface area (Å²) in [6.07, 6.45) is -0.895. The van der Waals surface area contributed by atoms with Crippen LogP contribution in [0.3, 0.4) is 0 Å². The highest BCUT2D eigenvalue weighted by atomic mass is 16.5. The van der Waals surface area contributed by atoms with E-state index in [0.29, 0.717) is 22.1 Å². The van der Waals surface area contributed by atoms with E-state index >= 15 is 0 Å². The fraction of sp³-hybridized carbons (Fsp3) is 0.156. The van der Waals surface area contributed by atoms with Crippen molar-refractivity contribution in [2.45, 2.75) is 24.8 Å². The second kappa shape index (κ2) is 10.9. The quantitative estimate of drug-likeness (QED) is 0.288. The summed E-state index contributed by atoms with van der Waals surface area (Å²) in [5, 5.41) is 18.8. The Labute approximate surface area is 245 Å². The van der Waals surface area contributed by atoms with E-state index < -0.39 is 18.0 Å². The van der Waals surface area contributed by atoms with Crippen LogP contribution < -0.4 is 5.32 Å². The van der Waals surface area contributed by atoms with Gasteiger partial charge in [0.1, 0.15) is 23.7 Å². The van der Waals surface area contributed by atoms with Crippen LogP contribution in [0.1, 0.15) is 39.5 Å². The van der Waals surface area contributed by atoms with Crippen molar-refractivity contribution in [2.24, 2.45) is 0 Å². The molecule has 0 spiro atoms. The molecular formula is C32H25N7O4. The minimum atomic E-state index is -1.13. The Bertz CT molecular complexity index is 1970. The number of amides is 1. The molecule has 1 aliphatic rings. The van der Waals surface area contributed by atoms with Gasteiger partial charge in [0.05, 0.1) is 11.0 Å². The number of para-hydroxylation sites is 2. The normalized spacial score (nSPS) is 13.0. The van der Waals surface area contributed by atoms with Crippen molar-refractivity contribution in [3.05, 3.63) is 108 Å². The maximum absolute atomic E-state index is 13.7. The highest BCUT2D eigenvalue weighted by Gasteiger charge is 2.31. The van der Waals surface area contributed by atoms with E-state index in [-0.39, 0.29) is 31.3 Å². The van der Waals surface area contributed by atoms with E-state index in [0.717, 1.165) is 26.9 Å². The molecule has 2 heterocycles. The zero-order chi connectivity index (χ0) is 29.3. The van der Waals surface area contributed by atoms with Crippen LogP contribution in [0.15, 0.2) is 97.1 Å². The molecule has 1 atom stereocenters. The molecule has 7 rings (SSSR count). The molecule has 0 aliphatic heterocycles. The van der Waals surface area contributed by atoms with Crippen molar-refractivity contribution in [3.63, 3.8) is 0 Å². The number of nitrogens with zero attached hydrogens (tertiary/aromatic N) is 6. The molecule has 6 aromatic rings. The number of hydrogen-bond donors (Lipinski definition) is 1. The molecule has 4 aromatic carbocycles. The van der Waals surface area contributed by atoms with Crippen LogP contribution in [0.25, 0.3) is 33.2 Å². The monoisotopic (exact) mass is 571 g/mol. The molecule has 0 unspecified atom stereocenters. The standard InChI is InChI=1S/C32H25N7O4/c40-30(38-28-15-7-5-13-25(28)34-36-38)18-17-27(31(41)39-29-16-8-6-14-26(29)35-37-39)33-32(42)43-19-24-22-11-3-1-9-20(22)21-10-2-4-12-23(21)24/h1-16,24,27H,17-19H2,(H,33,42)/t27-/m0/s1. The summed E-state index contributed by atoms with van der Waals surface area (Å²) in [6, 6.07) is 29.0. The molecule has 11 heteroatoms. The summed E-state index contributed by atoms with van der Waals surface area (Å²) in [7, 11) is 0. The smallest absolute Gasteiger partial charge is 0.407 e. The van der Waals surface area contributed by atoms with E-state index in [1.54, 1.807) is 48.5 Å². The summed E-state index contributed by atoms with van der Waals surface area (Å²) < 4.78 is 8.04. The number of benzene rings is 4. The average Bonchev–Trinajstić information content (AvgIpc) is 3.76. The third-order valence-electron chi connectivity index (χ3n) is 7.73. The highest BCUT2D eigenvalue weighted by Crippen LogP contribution is 2.44. The zero-order valence-electron chi connectivity index (χ0n) is 22.8. The van der Waals surface area contributed by atoms with E-state index in [9.17, 15) is 14.4 Å². The third-order valence-corrected chi connectivity index (χ3v) is 7.73. The summed E-state index contributed by atoms with van der Waals surface area (Å²) in [4.78, 5) is 40.0. The molecule has 1 amide bonds. The van der Waals surface area contributed by atoms with Crippen LogP contribution in [0.2, 0.25) is 0 Å². The molecule has 0 bridgehead atoms. The topological polar surface area (TPSA) is 134 Å². The fourth-order valence-corrected chi connectivity index (χ4v) is 5.65. The molecule has 0 radical (unpaired) electrons. The summed E-state index contributed by atoms with van der Waals surface area (Å²) in [5.41, 5.74) is 6.51. The minimum Gasteiger partial charge on any atom is -0.449 e. The molecule has 43 heavy (non-hydrogen) atoms. The third kappa shape index (κ3) is 4.80. The number of fused-ring (bicyclic) bond motifs is 5. The first-order valence-corrected chi connectivity index (χ1v) is 13.9. The highest BCUT2D eigenvalue weighted by molar-refractivity contribution is 5.94. The van der Waals surface area contributed by atoms with Gasteiger partial charge < -0.3 is 10.1 Å². The SMILES string of the molecule is O=C(N[C@@H](CCC(=O)n1nnc2ccccc21)C(=O)n1nnc2ccccc21)OCC1c2ccccc2-c2ccccc21. The first-order chi connectivity index (χ1) is 21.1. The maximum atomic E-state index is 13.7. The van der Waals surface area contributed by atoms with Crippen molar-refractivity contribution >= 4 is 40.0 Å². The fourth-order valence-electron chi connectivity index (χ4n) is 5.65. The summed E-state index contributed by atoms with van der Waals surface area (Å²) in [6.45, 7) is 0.0803. The first kappa shape index (κ1) is 26.2. The average molecular weight is 572 g/mol. The Kier molecular flexibility index (Phi) is 6.66. The Morgan fingerprint density at radius 2 is 1.26 bits per heavy atom. The van der Waals surface area contributed by atoms with E-state index in [1.807, 2.05) is 36.4 Å². The molecule has 11 nitrogen and oxygen atoms in total. The number of rotatable bonds is 7. The number of hydrogen-bond acceptors (Lipinski definition) is 8. The Morgan fingerprint density at radius 1 is 0.721 bits per heavy atom. The lowest BCUT2D eigenvalue weighted by atomic mass is 9.98. The minimum absolute atomic E-state index is 0.0236. The van der Waals surface area contributed by atoms with Crippen LogP contribution >= 0.6 is 0 Å². The van der Waals surface area contributed by atoms with Gasteiger partial charge in [0.15, 0.2) is 0 Å². The van der Waals surface area contributed by atoms with Gasteiger partial charge in [-0.15, -0.1) is 10.2 Å². The van der Waals surface area contributed by atoms with Gasteiger partial charge in [0, 0.05) is 12.3 Å². The van der Waals surface area contributed by atoms with Gasteiger partial charge in [-0.3, -0.25) is 9.59 Å². The van der Waals surface area contributed by atoms with Gasteiger partial charge in [-0.05, 0) is 52.9 Å². The molecular weight excluding hydrogens is 546 g/mol. The zero-order valence-corrected chi connectivity index (χ0v) is 22.8. The number of alkyl carbamates (subject to hydrolysis) is 1. The van der Waals surface area contributed by atoms with Gasteiger partial charge >= 0.3 is 6.09 Å². The number of ether oxygens (including phenoxy) is 1. The van der Waals surface area contributed by atoms with Crippen LogP contribution in [-0.4, -0.2) is 60.5 Å². The van der Waals surface area contributed by atoms with Crippen molar-refractivity contribution < 1.29 is 19.1 Å². The van der Waals surface area contributed by atoms with Gasteiger partial charge in [-0.1, -0.05) is 83.2 Å². The number of carbonyl (C=O) groups is 3. The lowest BCUT2D eigenvalue weighted by Crippen LogP contribution is -2.44. The van der Waals surface area contributed by atoms with Gasteiger partial charge in [-0.25, -0.2) is 4.79 Å². The lowest BCUT2D eigenvalue weighted by molar-refractivity contribution is 0.0801. The Hall–Kier alpha value is -5.71. The summed E-state index contributed by atoms with van der Waals surface area (Å²) in [5.74, 6) is -1.06. The first-order valence-electron chi connectivity index (χ1n) is 13.9. The number of carbonyl (C=O) groups excluding carboxylic acids is 3.